The van der Waals surface area contributed by atoms with Crippen LogP contribution in [0.15, 0.2) is 18.2 Å². The highest BCUT2D eigenvalue weighted by Crippen LogP contribution is 2.17. The molecular weight excluding hydrogens is 242 g/mol. The second-order valence-corrected chi connectivity index (χ2v) is 4.31. The third-order valence-corrected chi connectivity index (χ3v) is 3.15. The first-order valence-electron chi connectivity index (χ1n) is 5.62. The summed E-state index contributed by atoms with van der Waals surface area (Å²) in [4.78, 5) is 13.2. The molecule has 0 aliphatic carbocycles. The summed E-state index contributed by atoms with van der Waals surface area (Å²) in [5.74, 6) is -2.56. The van der Waals surface area contributed by atoms with E-state index in [4.69, 9.17) is 0 Å². The molecule has 1 aromatic carbocycles. The molecule has 1 amide bonds. The SMILES string of the molecule is CN(C(=O)c1c(F)cccc1F)[C@H]1CNC[C@@H]1O. The Morgan fingerprint density at radius 3 is 2.50 bits per heavy atom. The van der Waals surface area contributed by atoms with Crippen molar-refractivity contribution >= 4 is 5.91 Å². The average molecular weight is 256 g/mol. The first-order chi connectivity index (χ1) is 8.52. The summed E-state index contributed by atoms with van der Waals surface area (Å²) in [7, 11) is 1.43. The Kier molecular flexibility index (Phi) is 3.58. The Morgan fingerprint density at radius 2 is 2.00 bits per heavy atom. The molecule has 98 valence electrons. The molecule has 2 N–H and O–H groups in total. The lowest BCUT2D eigenvalue weighted by atomic mass is 10.1. The van der Waals surface area contributed by atoms with Gasteiger partial charge in [0.2, 0.25) is 0 Å². The van der Waals surface area contributed by atoms with Crippen molar-refractivity contribution in [2.45, 2.75) is 12.1 Å². The molecule has 0 unspecified atom stereocenters. The third kappa shape index (κ3) is 2.21. The molecule has 1 aromatic rings. The number of hydrogen-bond acceptors (Lipinski definition) is 3. The summed E-state index contributed by atoms with van der Waals surface area (Å²) in [6, 6.07) is 2.80. The molecule has 0 radical (unpaired) electrons. The predicted molar refractivity (Wildman–Crippen MR) is 61.1 cm³/mol. The molecule has 6 heteroatoms. The van der Waals surface area contributed by atoms with Gasteiger partial charge < -0.3 is 15.3 Å². The number of halogens is 2. The highest BCUT2D eigenvalue weighted by molar-refractivity contribution is 5.94. The summed E-state index contributed by atoms with van der Waals surface area (Å²) >= 11 is 0. The van der Waals surface area contributed by atoms with Crippen molar-refractivity contribution in [2.24, 2.45) is 0 Å². The first-order valence-corrected chi connectivity index (χ1v) is 5.62. The van der Waals surface area contributed by atoms with Crippen molar-refractivity contribution in [3.05, 3.63) is 35.4 Å². The molecule has 18 heavy (non-hydrogen) atoms. The molecule has 0 spiro atoms. The summed E-state index contributed by atoms with van der Waals surface area (Å²) in [6.45, 7) is 0.765. The van der Waals surface area contributed by atoms with E-state index in [-0.39, 0.29) is 0 Å². The predicted octanol–water partition coefficient (Wildman–Crippen LogP) is 0.369. The molecule has 0 bridgehead atoms. The molecule has 1 saturated heterocycles. The van der Waals surface area contributed by atoms with Gasteiger partial charge in [-0.3, -0.25) is 4.79 Å². The van der Waals surface area contributed by atoms with Crippen LogP contribution in [0.4, 0.5) is 8.78 Å². The second kappa shape index (κ2) is 4.99. The van der Waals surface area contributed by atoms with Crippen LogP contribution in [0.2, 0.25) is 0 Å². The number of rotatable bonds is 2. The first kappa shape index (κ1) is 12.9. The molecule has 2 rings (SSSR count). The average Bonchev–Trinajstić information content (AvgIpc) is 2.74. The lowest BCUT2D eigenvalue weighted by Gasteiger charge is -2.26. The largest absolute Gasteiger partial charge is 0.390 e. The van der Waals surface area contributed by atoms with Gasteiger partial charge in [0, 0.05) is 20.1 Å². The number of aliphatic hydroxyl groups excluding tert-OH is 1. The van der Waals surface area contributed by atoms with Crippen molar-refractivity contribution < 1.29 is 18.7 Å². The van der Waals surface area contributed by atoms with Crippen molar-refractivity contribution in [1.82, 2.24) is 10.2 Å². The van der Waals surface area contributed by atoms with Crippen LogP contribution in [0, 0.1) is 11.6 Å². The summed E-state index contributed by atoms with van der Waals surface area (Å²) in [5, 5.41) is 12.6. The van der Waals surface area contributed by atoms with Gasteiger partial charge in [0.05, 0.1) is 12.1 Å². The van der Waals surface area contributed by atoms with Gasteiger partial charge in [0.1, 0.15) is 17.2 Å². The van der Waals surface area contributed by atoms with Crippen molar-refractivity contribution in [3.63, 3.8) is 0 Å². The van der Waals surface area contributed by atoms with Crippen molar-refractivity contribution in [3.8, 4) is 0 Å². The number of nitrogens with one attached hydrogen (secondary N) is 1. The minimum Gasteiger partial charge on any atom is -0.390 e. The zero-order valence-corrected chi connectivity index (χ0v) is 9.86. The fraction of sp³-hybridized carbons (Fsp3) is 0.417. The zero-order valence-electron chi connectivity index (χ0n) is 9.86. The standard InChI is InChI=1S/C12H14F2N2O2/c1-16(9-5-15-6-10(9)17)12(18)11-7(13)3-2-4-8(11)14/h2-4,9-10,15,17H,5-6H2,1H3/t9-,10-/m0/s1. The lowest BCUT2D eigenvalue weighted by Crippen LogP contribution is -2.44. The van der Waals surface area contributed by atoms with Crippen LogP contribution in [0.1, 0.15) is 10.4 Å². The van der Waals surface area contributed by atoms with E-state index < -0.39 is 35.3 Å². The Hall–Kier alpha value is -1.53. The third-order valence-electron chi connectivity index (χ3n) is 3.15. The molecule has 0 aromatic heterocycles. The van der Waals surface area contributed by atoms with E-state index in [0.717, 1.165) is 12.1 Å². The highest BCUT2D eigenvalue weighted by Gasteiger charge is 2.33. The topological polar surface area (TPSA) is 52.6 Å². The Balaban J connectivity index is 2.26. The quantitative estimate of drug-likeness (QED) is 0.804. The number of carbonyl (C=O) groups excluding carboxylic acids is 1. The number of hydrogen-bond donors (Lipinski definition) is 2. The number of β-amino-alcohol motifs (C(OH)–C–C–N with tert-alkyl or cyclic N) is 1. The molecular formula is C12H14F2N2O2. The van der Waals surface area contributed by atoms with E-state index in [9.17, 15) is 18.7 Å². The van der Waals surface area contributed by atoms with E-state index in [1.807, 2.05) is 0 Å². The van der Waals surface area contributed by atoms with Crippen LogP contribution in [-0.2, 0) is 0 Å². The van der Waals surface area contributed by atoms with Crippen LogP contribution >= 0.6 is 0 Å². The number of benzene rings is 1. The van der Waals surface area contributed by atoms with Crippen LogP contribution in [0.3, 0.4) is 0 Å². The number of amides is 1. The van der Waals surface area contributed by atoms with Crippen LogP contribution in [-0.4, -0.2) is 48.2 Å². The molecule has 1 aliphatic rings. The number of aliphatic hydroxyl groups is 1. The van der Waals surface area contributed by atoms with Gasteiger partial charge in [0.25, 0.3) is 5.91 Å². The zero-order chi connectivity index (χ0) is 13.3. The molecule has 1 fully saturated rings. The molecule has 4 nitrogen and oxygen atoms in total. The summed E-state index contributed by atoms with van der Waals surface area (Å²) in [5.41, 5.74) is -0.584. The van der Waals surface area contributed by atoms with Crippen LogP contribution in [0.5, 0.6) is 0 Å². The lowest BCUT2D eigenvalue weighted by molar-refractivity contribution is 0.0572. The monoisotopic (exact) mass is 256 g/mol. The smallest absolute Gasteiger partial charge is 0.259 e. The summed E-state index contributed by atoms with van der Waals surface area (Å²) in [6.07, 6.45) is -0.728. The van der Waals surface area contributed by atoms with E-state index in [2.05, 4.69) is 5.32 Å². The maximum Gasteiger partial charge on any atom is 0.259 e. The van der Waals surface area contributed by atoms with Gasteiger partial charge in [-0.05, 0) is 12.1 Å². The highest BCUT2D eigenvalue weighted by atomic mass is 19.1. The van der Waals surface area contributed by atoms with Crippen LogP contribution in [0.25, 0.3) is 0 Å². The molecule has 1 aliphatic heterocycles. The van der Waals surface area contributed by atoms with Crippen molar-refractivity contribution in [1.29, 1.82) is 0 Å². The van der Waals surface area contributed by atoms with Gasteiger partial charge in [-0.25, -0.2) is 8.78 Å². The Bertz CT molecular complexity index is 447. The van der Waals surface area contributed by atoms with E-state index in [1.165, 1.54) is 18.0 Å². The van der Waals surface area contributed by atoms with Gasteiger partial charge in [0.15, 0.2) is 0 Å². The van der Waals surface area contributed by atoms with E-state index in [0.29, 0.717) is 13.1 Å². The maximum absolute atomic E-state index is 13.5. The van der Waals surface area contributed by atoms with E-state index in [1.54, 1.807) is 0 Å². The molecule has 2 atom stereocenters. The summed E-state index contributed by atoms with van der Waals surface area (Å²) < 4.78 is 27.0. The second-order valence-electron chi connectivity index (χ2n) is 4.31. The van der Waals surface area contributed by atoms with Gasteiger partial charge in [-0.1, -0.05) is 6.07 Å². The molecule has 0 saturated carbocycles. The van der Waals surface area contributed by atoms with Crippen molar-refractivity contribution in [2.75, 3.05) is 20.1 Å². The Morgan fingerprint density at radius 1 is 1.39 bits per heavy atom. The fourth-order valence-electron chi connectivity index (χ4n) is 2.08. The number of likely N-dealkylation sites (N-methyl/N-ethyl adjacent to an activating group) is 1. The van der Waals surface area contributed by atoms with Gasteiger partial charge in [-0.15, -0.1) is 0 Å². The Labute approximate surface area is 103 Å². The van der Waals surface area contributed by atoms with E-state index >= 15 is 0 Å². The van der Waals surface area contributed by atoms with Gasteiger partial charge in [-0.2, -0.15) is 0 Å². The minimum absolute atomic E-state index is 0.363. The minimum atomic E-state index is -0.896. The van der Waals surface area contributed by atoms with Gasteiger partial charge >= 0.3 is 0 Å². The number of carbonyl (C=O) groups is 1. The fourth-order valence-corrected chi connectivity index (χ4v) is 2.08. The number of nitrogens with zero attached hydrogens (tertiary/aromatic N) is 1. The molecule has 1 heterocycles. The normalized spacial score (nSPS) is 23.1. The van der Waals surface area contributed by atoms with Crippen LogP contribution < -0.4 is 5.32 Å². The maximum atomic E-state index is 13.5.